The summed E-state index contributed by atoms with van der Waals surface area (Å²) in [6, 6.07) is 7.92. The number of rotatable bonds is 8. The van der Waals surface area contributed by atoms with E-state index in [4.69, 9.17) is 4.74 Å². The van der Waals surface area contributed by atoms with Gasteiger partial charge < -0.3 is 14.5 Å². The van der Waals surface area contributed by atoms with Gasteiger partial charge in [0.15, 0.2) is 0 Å². The summed E-state index contributed by atoms with van der Waals surface area (Å²) in [5.41, 5.74) is 2.22. The van der Waals surface area contributed by atoms with Crippen molar-refractivity contribution >= 4 is 5.78 Å². The highest BCUT2D eigenvalue weighted by Crippen LogP contribution is 2.20. The molecule has 0 aliphatic carbocycles. The van der Waals surface area contributed by atoms with E-state index in [0.29, 0.717) is 13.0 Å². The molecule has 106 valence electrons. The number of nitrogens with one attached hydrogen (secondary N) is 1. The molecule has 0 unspecified atom stereocenters. The summed E-state index contributed by atoms with van der Waals surface area (Å²) >= 11 is 0. The van der Waals surface area contributed by atoms with Gasteiger partial charge in [0.25, 0.3) is 0 Å². The summed E-state index contributed by atoms with van der Waals surface area (Å²) in [5, 5.41) is 0. The van der Waals surface area contributed by atoms with Gasteiger partial charge >= 0.3 is 0 Å². The summed E-state index contributed by atoms with van der Waals surface area (Å²) in [7, 11) is 0. The molecule has 0 spiro atoms. The molecule has 1 aromatic carbocycles. The number of hydrogen-bond acceptors (Lipinski definition) is 3. The molecule has 0 atom stereocenters. The summed E-state index contributed by atoms with van der Waals surface area (Å²) in [4.78, 5) is 18.1. The zero-order valence-electron chi connectivity index (χ0n) is 11.8. The van der Waals surface area contributed by atoms with E-state index in [1.54, 1.807) is 13.3 Å². The summed E-state index contributed by atoms with van der Waals surface area (Å²) in [6.45, 7) is 2.28. The molecule has 0 fully saturated rings. The fourth-order valence-corrected chi connectivity index (χ4v) is 2.03. The van der Waals surface area contributed by atoms with Crippen LogP contribution in [-0.4, -0.2) is 22.4 Å². The molecular formula is C16H20N2O2. The van der Waals surface area contributed by atoms with Crippen LogP contribution in [0, 0.1) is 0 Å². The molecule has 1 heterocycles. The fourth-order valence-electron chi connectivity index (χ4n) is 2.03. The number of nitrogens with zero attached hydrogens (tertiary/aromatic N) is 1. The van der Waals surface area contributed by atoms with Gasteiger partial charge in [-0.2, -0.15) is 0 Å². The van der Waals surface area contributed by atoms with E-state index in [9.17, 15) is 4.79 Å². The van der Waals surface area contributed by atoms with Gasteiger partial charge in [-0.15, -0.1) is 0 Å². The van der Waals surface area contributed by atoms with Crippen LogP contribution in [-0.2, 0) is 17.6 Å². The van der Waals surface area contributed by atoms with Crippen molar-refractivity contribution in [3.05, 3.63) is 48.0 Å². The Morgan fingerprint density at radius 2 is 2.15 bits per heavy atom. The van der Waals surface area contributed by atoms with Gasteiger partial charge in [-0.1, -0.05) is 18.2 Å². The van der Waals surface area contributed by atoms with Gasteiger partial charge in [-0.25, -0.2) is 4.98 Å². The van der Waals surface area contributed by atoms with E-state index in [-0.39, 0.29) is 5.78 Å². The van der Waals surface area contributed by atoms with Gasteiger partial charge in [0, 0.05) is 18.3 Å². The molecule has 0 saturated heterocycles. The standard InChI is InChI=1S/C16H20N2O2/c1-13(19)8-9-14-5-2-3-7-16(14)20-10-4-6-15-11-17-12-18-15/h2-3,5,7,11-12H,4,6,8-10H2,1H3,(H,17,18). The molecule has 0 aliphatic rings. The average molecular weight is 272 g/mol. The normalized spacial score (nSPS) is 10.4. The topological polar surface area (TPSA) is 55.0 Å². The Balaban J connectivity index is 1.81. The lowest BCUT2D eigenvalue weighted by Gasteiger charge is -2.10. The molecule has 4 nitrogen and oxygen atoms in total. The van der Waals surface area contributed by atoms with Gasteiger partial charge in [-0.05, 0) is 37.8 Å². The molecule has 0 bridgehead atoms. The van der Waals surface area contributed by atoms with E-state index in [2.05, 4.69) is 9.97 Å². The molecule has 2 aromatic rings. The SMILES string of the molecule is CC(=O)CCc1ccccc1OCCCc1cnc[nH]1. The van der Waals surface area contributed by atoms with Crippen molar-refractivity contribution in [2.45, 2.75) is 32.6 Å². The molecule has 1 aromatic heterocycles. The van der Waals surface area contributed by atoms with Crippen LogP contribution in [0.25, 0.3) is 0 Å². The number of imidazole rings is 1. The molecule has 0 saturated carbocycles. The van der Waals surface area contributed by atoms with Crippen LogP contribution in [0.5, 0.6) is 5.75 Å². The van der Waals surface area contributed by atoms with Gasteiger partial charge in [-0.3, -0.25) is 0 Å². The van der Waals surface area contributed by atoms with Crippen molar-refractivity contribution in [1.29, 1.82) is 0 Å². The smallest absolute Gasteiger partial charge is 0.130 e. The van der Waals surface area contributed by atoms with E-state index < -0.39 is 0 Å². The number of carbonyl (C=O) groups is 1. The van der Waals surface area contributed by atoms with Crippen LogP contribution in [0.2, 0.25) is 0 Å². The lowest BCUT2D eigenvalue weighted by atomic mass is 10.1. The zero-order chi connectivity index (χ0) is 14.2. The van der Waals surface area contributed by atoms with E-state index in [1.165, 1.54) is 0 Å². The Bertz CT molecular complexity index is 535. The first-order valence-corrected chi connectivity index (χ1v) is 6.93. The predicted octanol–water partition coefficient (Wildman–Crippen LogP) is 2.94. The van der Waals surface area contributed by atoms with Gasteiger partial charge in [0.1, 0.15) is 11.5 Å². The van der Waals surface area contributed by atoms with Gasteiger partial charge in [0.05, 0.1) is 12.9 Å². The highest BCUT2D eigenvalue weighted by molar-refractivity contribution is 5.75. The number of para-hydroxylation sites is 1. The molecule has 0 aliphatic heterocycles. The van der Waals surface area contributed by atoms with Crippen LogP contribution in [0.1, 0.15) is 31.0 Å². The zero-order valence-corrected chi connectivity index (χ0v) is 11.8. The Labute approximate surface area is 119 Å². The Kier molecular flexibility index (Phi) is 5.35. The highest BCUT2D eigenvalue weighted by atomic mass is 16.5. The van der Waals surface area contributed by atoms with Crippen LogP contribution >= 0.6 is 0 Å². The first-order valence-electron chi connectivity index (χ1n) is 6.93. The number of benzene rings is 1. The van der Waals surface area contributed by atoms with E-state index >= 15 is 0 Å². The maximum Gasteiger partial charge on any atom is 0.130 e. The van der Waals surface area contributed by atoms with Crippen LogP contribution in [0.15, 0.2) is 36.8 Å². The van der Waals surface area contributed by atoms with Crippen LogP contribution in [0.4, 0.5) is 0 Å². The van der Waals surface area contributed by atoms with Crippen LogP contribution in [0.3, 0.4) is 0 Å². The van der Waals surface area contributed by atoms with Crippen molar-refractivity contribution in [2.75, 3.05) is 6.61 Å². The number of carbonyl (C=O) groups excluding carboxylic acids is 1. The molecule has 1 N–H and O–H groups in total. The second-order valence-corrected chi connectivity index (χ2v) is 4.84. The molecule has 0 amide bonds. The number of ketones is 1. The first-order chi connectivity index (χ1) is 9.75. The van der Waals surface area contributed by atoms with E-state index in [1.807, 2.05) is 30.5 Å². The Morgan fingerprint density at radius 3 is 2.90 bits per heavy atom. The number of Topliss-reactive ketones (excluding diaryl/α,β-unsaturated/α-hetero) is 1. The van der Waals surface area contributed by atoms with E-state index in [0.717, 1.165) is 36.3 Å². The summed E-state index contributed by atoms with van der Waals surface area (Å²) in [6.07, 6.45) is 6.69. The van der Waals surface area contributed by atoms with Crippen LogP contribution < -0.4 is 4.74 Å². The largest absolute Gasteiger partial charge is 0.493 e. The monoisotopic (exact) mass is 272 g/mol. The van der Waals surface area contributed by atoms with Crippen molar-refractivity contribution in [3.8, 4) is 5.75 Å². The van der Waals surface area contributed by atoms with Crippen molar-refractivity contribution in [1.82, 2.24) is 9.97 Å². The fraction of sp³-hybridized carbons (Fsp3) is 0.375. The first kappa shape index (κ1) is 14.3. The maximum atomic E-state index is 11.1. The number of hydrogen-bond donors (Lipinski definition) is 1. The minimum atomic E-state index is 0.207. The number of aromatic nitrogens is 2. The second kappa shape index (κ2) is 7.48. The third-order valence-electron chi connectivity index (χ3n) is 3.12. The number of aromatic amines is 1. The summed E-state index contributed by atoms with van der Waals surface area (Å²) < 4.78 is 5.82. The molecule has 2 rings (SSSR count). The minimum absolute atomic E-state index is 0.207. The van der Waals surface area contributed by atoms with Gasteiger partial charge in [0.2, 0.25) is 0 Å². The number of ether oxygens (including phenoxy) is 1. The third-order valence-corrected chi connectivity index (χ3v) is 3.12. The molecule has 20 heavy (non-hydrogen) atoms. The second-order valence-electron chi connectivity index (χ2n) is 4.84. The Morgan fingerprint density at radius 1 is 1.30 bits per heavy atom. The maximum absolute atomic E-state index is 11.1. The number of H-pyrrole nitrogens is 1. The lowest BCUT2D eigenvalue weighted by molar-refractivity contribution is -0.116. The molecular weight excluding hydrogens is 252 g/mol. The third kappa shape index (κ3) is 4.53. The Hall–Kier alpha value is -2.10. The highest BCUT2D eigenvalue weighted by Gasteiger charge is 2.04. The lowest BCUT2D eigenvalue weighted by Crippen LogP contribution is -2.03. The molecule has 4 heteroatoms. The number of aryl methyl sites for hydroxylation is 2. The van der Waals surface area contributed by atoms with Crippen molar-refractivity contribution < 1.29 is 9.53 Å². The average Bonchev–Trinajstić information content (AvgIpc) is 2.95. The molecule has 0 radical (unpaired) electrons. The minimum Gasteiger partial charge on any atom is -0.493 e. The summed E-state index contributed by atoms with van der Waals surface area (Å²) in [5.74, 6) is 1.09. The quantitative estimate of drug-likeness (QED) is 0.752. The van der Waals surface area contributed by atoms with Crippen molar-refractivity contribution in [3.63, 3.8) is 0 Å². The van der Waals surface area contributed by atoms with Crippen molar-refractivity contribution in [2.24, 2.45) is 0 Å². The predicted molar refractivity (Wildman–Crippen MR) is 77.8 cm³/mol.